The van der Waals surface area contributed by atoms with Gasteiger partial charge in [-0.15, -0.1) is 0 Å². The molecule has 0 atom stereocenters. The predicted octanol–water partition coefficient (Wildman–Crippen LogP) is 5.04. The Labute approximate surface area is 193 Å². The first-order valence-electron chi connectivity index (χ1n) is 11.0. The molecule has 4 rings (SSSR count). The van der Waals surface area contributed by atoms with Gasteiger partial charge in [-0.25, -0.2) is 5.43 Å². The second kappa shape index (κ2) is 9.69. The lowest BCUT2D eigenvalue weighted by molar-refractivity contribution is -0.123. The Bertz CT molecular complexity index is 1340. The number of pyridine rings is 1. The topological polar surface area (TPSA) is 68.5 Å². The van der Waals surface area contributed by atoms with E-state index >= 15 is 0 Å². The molecular formula is C27H28N4O2. The highest BCUT2D eigenvalue weighted by Crippen LogP contribution is 2.23. The molecule has 2 aromatic heterocycles. The van der Waals surface area contributed by atoms with Crippen LogP contribution in [0.1, 0.15) is 35.0 Å². The van der Waals surface area contributed by atoms with Gasteiger partial charge in [-0.05, 0) is 80.8 Å². The first-order chi connectivity index (χ1) is 15.9. The quantitative estimate of drug-likeness (QED) is 0.323. The van der Waals surface area contributed by atoms with Gasteiger partial charge in [-0.3, -0.25) is 9.78 Å². The largest absolute Gasteiger partial charge is 0.484 e. The van der Waals surface area contributed by atoms with Crippen molar-refractivity contribution in [3.63, 3.8) is 0 Å². The van der Waals surface area contributed by atoms with E-state index in [0.717, 1.165) is 45.5 Å². The molecule has 2 aromatic carbocycles. The SMILES string of the molecule is CCc1cc(C)cc(OCC(=O)N/N=C/c2cc(C)n(-c3ccc4ncccc4c3)c2C)c1. The zero-order chi connectivity index (χ0) is 23.4. The number of nitrogens with zero attached hydrogens (tertiary/aromatic N) is 3. The van der Waals surface area contributed by atoms with Crippen LogP contribution >= 0.6 is 0 Å². The van der Waals surface area contributed by atoms with E-state index in [9.17, 15) is 4.79 Å². The molecule has 168 valence electrons. The predicted molar refractivity (Wildman–Crippen MR) is 132 cm³/mol. The number of amides is 1. The summed E-state index contributed by atoms with van der Waals surface area (Å²) in [5.41, 5.74) is 9.93. The van der Waals surface area contributed by atoms with Gasteiger partial charge in [0.05, 0.1) is 11.7 Å². The maximum absolute atomic E-state index is 12.2. The van der Waals surface area contributed by atoms with Crippen molar-refractivity contribution in [3.8, 4) is 11.4 Å². The molecule has 0 bridgehead atoms. The average Bonchev–Trinajstić information content (AvgIpc) is 3.09. The lowest BCUT2D eigenvalue weighted by Gasteiger charge is -2.10. The molecule has 0 saturated heterocycles. The standard InChI is InChI=1S/C27H28N4O2/c1-5-21-11-18(2)12-25(14-21)33-17-27(32)30-29-16-23-13-19(3)31(20(23)4)24-8-9-26-22(15-24)7-6-10-28-26/h6-16H,5,17H2,1-4H3,(H,30,32)/b29-16+. The lowest BCUT2D eigenvalue weighted by Crippen LogP contribution is -2.24. The van der Waals surface area contributed by atoms with Gasteiger partial charge in [-0.1, -0.05) is 19.1 Å². The van der Waals surface area contributed by atoms with Gasteiger partial charge in [0.2, 0.25) is 0 Å². The maximum atomic E-state index is 12.2. The number of rotatable bonds is 7. The fourth-order valence-electron chi connectivity index (χ4n) is 3.98. The van der Waals surface area contributed by atoms with Crippen LogP contribution in [0, 0.1) is 20.8 Å². The van der Waals surface area contributed by atoms with E-state index < -0.39 is 0 Å². The summed E-state index contributed by atoms with van der Waals surface area (Å²) in [7, 11) is 0. The van der Waals surface area contributed by atoms with Gasteiger partial charge >= 0.3 is 0 Å². The van der Waals surface area contributed by atoms with Gasteiger partial charge in [0.1, 0.15) is 5.75 Å². The fourth-order valence-corrected chi connectivity index (χ4v) is 3.98. The molecule has 0 aliphatic carbocycles. The summed E-state index contributed by atoms with van der Waals surface area (Å²) in [4.78, 5) is 16.6. The highest BCUT2D eigenvalue weighted by molar-refractivity contribution is 5.85. The van der Waals surface area contributed by atoms with Gasteiger partial charge in [0.15, 0.2) is 6.61 Å². The Morgan fingerprint density at radius 1 is 1.12 bits per heavy atom. The van der Waals surface area contributed by atoms with Crippen molar-refractivity contribution >= 4 is 23.0 Å². The summed E-state index contributed by atoms with van der Waals surface area (Å²) in [6.45, 7) is 8.11. The molecule has 0 aliphatic heterocycles. The smallest absolute Gasteiger partial charge is 0.277 e. The van der Waals surface area contributed by atoms with Crippen LogP contribution in [0.3, 0.4) is 0 Å². The number of benzene rings is 2. The van der Waals surface area contributed by atoms with Crippen LogP contribution in [0.2, 0.25) is 0 Å². The maximum Gasteiger partial charge on any atom is 0.277 e. The average molecular weight is 441 g/mol. The van der Waals surface area contributed by atoms with Gasteiger partial charge in [0.25, 0.3) is 5.91 Å². The van der Waals surface area contributed by atoms with E-state index in [0.29, 0.717) is 5.75 Å². The zero-order valence-corrected chi connectivity index (χ0v) is 19.4. The van der Waals surface area contributed by atoms with Crippen LogP contribution < -0.4 is 10.2 Å². The van der Waals surface area contributed by atoms with Gasteiger partial charge in [-0.2, -0.15) is 5.10 Å². The Hall–Kier alpha value is -3.93. The first kappa shape index (κ1) is 22.3. The minimum atomic E-state index is -0.304. The summed E-state index contributed by atoms with van der Waals surface area (Å²) in [6, 6.07) is 18.2. The molecule has 4 aromatic rings. The Morgan fingerprint density at radius 3 is 2.79 bits per heavy atom. The number of hydrogen-bond donors (Lipinski definition) is 1. The molecule has 0 radical (unpaired) electrons. The molecule has 2 heterocycles. The fraction of sp³-hybridized carbons (Fsp3) is 0.222. The van der Waals surface area contributed by atoms with Crippen LogP contribution in [0.25, 0.3) is 16.6 Å². The monoisotopic (exact) mass is 440 g/mol. The number of nitrogens with one attached hydrogen (secondary N) is 1. The molecular weight excluding hydrogens is 412 g/mol. The molecule has 0 saturated carbocycles. The molecule has 0 spiro atoms. The van der Waals surface area contributed by atoms with Crippen molar-refractivity contribution < 1.29 is 9.53 Å². The van der Waals surface area contributed by atoms with Crippen LogP contribution in [0.5, 0.6) is 5.75 Å². The van der Waals surface area contributed by atoms with Crippen LogP contribution in [0.4, 0.5) is 0 Å². The van der Waals surface area contributed by atoms with E-state index in [1.54, 1.807) is 12.4 Å². The Balaban J connectivity index is 1.42. The number of aromatic nitrogens is 2. The number of aryl methyl sites for hydroxylation is 3. The molecule has 33 heavy (non-hydrogen) atoms. The van der Waals surface area contributed by atoms with Crippen LogP contribution in [-0.4, -0.2) is 28.3 Å². The molecule has 0 fully saturated rings. The van der Waals surface area contributed by atoms with Crippen molar-refractivity contribution in [3.05, 3.63) is 88.9 Å². The van der Waals surface area contributed by atoms with Gasteiger partial charge < -0.3 is 9.30 Å². The van der Waals surface area contributed by atoms with E-state index in [2.05, 4.69) is 58.2 Å². The van der Waals surface area contributed by atoms with E-state index in [1.807, 2.05) is 44.2 Å². The number of hydrazone groups is 1. The van der Waals surface area contributed by atoms with Gasteiger partial charge in [0, 0.05) is 34.2 Å². The van der Waals surface area contributed by atoms with E-state index in [4.69, 9.17) is 4.74 Å². The second-order valence-corrected chi connectivity index (χ2v) is 8.13. The second-order valence-electron chi connectivity index (χ2n) is 8.13. The molecule has 6 heteroatoms. The van der Waals surface area contributed by atoms with Crippen molar-refractivity contribution in [2.75, 3.05) is 6.61 Å². The Kier molecular flexibility index (Phi) is 6.54. The minimum Gasteiger partial charge on any atom is -0.484 e. The van der Waals surface area contributed by atoms with Crippen molar-refractivity contribution in [2.45, 2.75) is 34.1 Å². The first-order valence-corrected chi connectivity index (χ1v) is 11.0. The third kappa shape index (κ3) is 5.12. The number of ether oxygens (including phenoxy) is 1. The molecule has 0 unspecified atom stereocenters. The summed E-state index contributed by atoms with van der Waals surface area (Å²) < 4.78 is 7.81. The summed E-state index contributed by atoms with van der Waals surface area (Å²) >= 11 is 0. The molecule has 1 N–H and O–H groups in total. The summed E-state index contributed by atoms with van der Waals surface area (Å²) in [5.74, 6) is 0.391. The zero-order valence-electron chi connectivity index (χ0n) is 19.4. The minimum absolute atomic E-state index is 0.0892. The highest BCUT2D eigenvalue weighted by atomic mass is 16.5. The molecule has 1 amide bonds. The molecule has 0 aliphatic rings. The third-order valence-electron chi connectivity index (χ3n) is 5.60. The number of fused-ring (bicyclic) bond motifs is 1. The van der Waals surface area contributed by atoms with Crippen LogP contribution in [-0.2, 0) is 11.2 Å². The molecule has 6 nitrogen and oxygen atoms in total. The van der Waals surface area contributed by atoms with Crippen molar-refractivity contribution in [2.24, 2.45) is 5.10 Å². The number of carbonyl (C=O) groups excluding carboxylic acids is 1. The van der Waals surface area contributed by atoms with E-state index in [1.165, 1.54) is 5.56 Å². The highest BCUT2D eigenvalue weighted by Gasteiger charge is 2.10. The number of carbonyl (C=O) groups is 1. The lowest BCUT2D eigenvalue weighted by atomic mass is 10.1. The normalized spacial score (nSPS) is 11.3. The Morgan fingerprint density at radius 2 is 1.97 bits per heavy atom. The third-order valence-corrected chi connectivity index (χ3v) is 5.60. The van der Waals surface area contributed by atoms with Crippen molar-refractivity contribution in [1.29, 1.82) is 0 Å². The number of hydrogen-bond acceptors (Lipinski definition) is 4. The van der Waals surface area contributed by atoms with Crippen LogP contribution in [0.15, 0.2) is 65.9 Å². The van der Waals surface area contributed by atoms with E-state index in [-0.39, 0.29) is 12.5 Å². The van der Waals surface area contributed by atoms with Crippen molar-refractivity contribution in [1.82, 2.24) is 15.0 Å². The summed E-state index contributed by atoms with van der Waals surface area (Å²) in [5, 5.41) is 5.22. The summed E-state index contributed by atoms with van der Waals surface area (Å²) in [6.07, 6.45) is 4.38.